The molecule has 0 N–H and O–H groups in total. The minimum absolute atomic E-state index is 0.186. The molecule has 0 amide bonds. The summed E-state index contributed by atoms with van der Waals surface area (Å²) in [6, 6.07) is 9.98. The van der Waals surface area contributed by atoms with E-state index in [-0.39, 0.29) is 12.1 Å². The molecule has 1 atom stereocenters. The van der Waals surface area contributed by atoms with Crippen LogP contribution in [0.2, 0.25) is 0 Å². The lowest BCUT2D eigenvalue weighted by molar-refractivity contribution is 0.0348. The lowest BCUT2D eigenvalue weighted by Gasteiger charge is -2.12. The Bertz CT molecular complexity index is 795. The van der Waals surface area contributed by atoms with Gasteiger partial charge in [-0.25, -0.2) is 9.78 Å². The van der Waals surface area contributed by atoms with Crippen LogP contribution in [0, 0.1) is 0 Å². The molecule has 0 aliphatic heterocycles. The number of hydrogen-bond donors (Lipinski definition) is 0. The SMILES string of the molecule is C[C@@H](Cc1ccccc1)OC(=O)c1cnc(-c2cnn(C)c2)s1. The highest BCUT2D eigenvalue weighted by molar-refractivity contribution is 7.16. The zero-order chi connectivity index (χ0) is 16.2. The molecule has 0 spiro atoms. The lowest BCUT2D eigenvalue weighted by Crippen LogP contribution is -2.16. The van der Waals surface area contributed by atoms with Crippen LogP contribution in [0.5, 0.6) is 0 Å². The van der Waals surface area contributed by atoms with Gasteiger partial charge in [0.2, 0.25) is 0 Å². The molecular formula is C17H17N3O2S. The largest absolute Gasteiger partial charge is 0.458 e. The van der Waals surface area contributed by atoms with Crippen LogP contribution in [0.3, 0.4) is 0 Å². The number of hydrogen-bond acceptors (Lipinski definition) is 5. The molecule has 0 fully saturated rings. The third-order valence-corrected chi connectivity index (χ3v) is 4.36. The molecule has 5 nitrogen and oxygen atoms in total. The second-order valence-corrected chi connectivity index (χ2v) is 6.37. The van der Waals surface area contributed by atoms with Crippen molar-refractivity contribution in [2.24, 2.45) is 7.05 Å². The van der Waals surface area contributed by atoms with Crippen LogP contribution in [0.4, 0.5) is 0 Å². The molecule has 1 aromatic carbocycles. The number of aromatic nitrogens is 3. The van der Waals surface area contributed by atoms with Gasteiger partial charge in [-0.3, -0.25) is 4.68 Å². The second kappa shape index (κ2) is 6.75. The van der Waals surface area contributed by atoms with E-state index in [1.165, 1.54) is 11.3 Å². The van der Waals surface area contributed by atoms with Gasteiger partial charge in [-0.1, -0.05) is 30.3 Å². The Balaban J connectivity index is 1.63. The number of aryl methyl sites for hydroxylation is 1. The summed E-state index contributed by atoms with van der Waals surface area (Å²) < 4.78 is 7.21. The minimum Gasteiger partial charge on any atom is -0.458 e. The summed E-state index contributed by atoms with van der Waals surface area (Å²) in [6.07, 6.45) is 5.66. The maximum Gasteiger partial charge on any atom is 0.350 e. The van der Waals surface area contributed by atoms with E-state index in [0.717, 1.165) is 16.1 Å². The van der Waals surface area contributed by atoms with E-state index in [2.05, 4.69) is 10.1 Å². The average Bonchev–Trinajstić information content (AvgIpc) is 3.16. The van der Waals surface area contributed by atoms with Gasteiger partial charge in [-0.2, -0.15) is 5.10 Å². The number of benzene rings is 1. The minimum atomic E-state index is -0.332. The summed E-state index contributed by atoms with van der Waals surface area (Å²) in [6.45, 7) is 1.90. The van der Waals surface area contributed by atoms with Gasteiger partial charge < -0.3 is 4.74 Å². The highest BCUT2D eigenvalue weighted by Crippen LogP contribution is 2.25. The Kier molecular flexibility index (Phi) is 4.52. The summed E-state index contributed by atoms with van der Waals surface area (Å²) >= 11 is 1.32. The van der Waals surface area contributed by atoms with Crippen LogP contribution >= 0.6 is 11.3 Å². The Labute approximate surface area is 138 Å². The first-order chi connectivity index (χ1) is 11.1. The van der Waals surface area contributed by atoms with Crippen molar-refractivity contribution in [3.63, 3.8) is 0 Å². The average molecular weight is 327 g/mol. The molecule has 3 aromatic rings. The number of rotatable bonds is 5. The molecule has 0 bridgehead atoms. The van der Waals surface area contributed by atoms with Crippen molar-refractivity contribution >= 4 is 17.3 Å². The summed E-state index contributed by atoms with van der Waals surface area (Å²) in [7, 11) is 1.84. The topological polar surface area (TPSA) is 57.0 Å². The Morgan fingerprint density at radius 1 is 1.30 bits per heavy atom. The first-order valence-corrected chi connectivity index (χ1v) is 8.13. The van der Waals surface area contributed by atoms with E-state index in [1.807, 2.05) is 50.5 Å². The molecule has 0 aliphatic carbocycles. The number of nitrogens with zero attached hydrogens (tertiary/aromatic N) is 3. The van der Waals surface area contributed by atoms with Crippen molar-refractivity contribution in [2.45, 2.75) is 19.4 Å². The van der Waals surface area contributed by atoms with E-state index in [4.69, 9.17) is 4.74 Å². The van der Waals surface area contributed by atoms with Crippen LogP contribution in [0.1, 0.15) is 22.2 Å². The zero-order valence-corrected chi connectivity index (χ0v) is 13.8. The fraction of sp³-hybridized carbons (Fsp3) is 0.235. The molecule has 2 aromatic heterocycles. The van der Waals surface area contributed by atoms with Crippen LogP contribution in [0.25, 0.3) is 10.6 Å². The first-order valence-electron chi connectivity index (χ1n) is 7.31. The van der Waals surface area contributed by atoms with Crippen molar-refractivity contribution < 1.29 is 9.53 Å². The number of thiazole rings is 1. The second-order valence-electron chi connectivity index (χ2n) is 5.34. The Morgan fingerprint density at radius 3 is 2.78 bits per heavy atom. The van der Waals surface area contributed by atoms with Gasteiger partial charge in [0.1, 0.15) is 16.0 Å². The van der Waals surface area contributed by atoms with E-state index in [9.17, 15) is 4.79 Å². The molecule has 2 heterocycles. The molecule has 118 valence electrons. The first kappa shape index (κ1) is 15.4. The fourth-order valence-corrected chi connectivity index (χ4v) is 3.04. The van der Waals surface area contributed by atoms with Crippen molar-refractivity contribution in [1.82, 2.24) is 14.8 Å². The third kappa shape index (κ3) is 3.84. The highest BCUT2D eigenvalue weighted by Gasteiger charge is 2.16. The molecule has 3 rings (SSSR count). The molecule has 0 radical (unpaired) electrons. The van der Waals surface area contributed by atoms with Crippen LogP contribution in [-0.4, -0.2) is 26.8 Å². The summed E-state index contributed by atoms with van der Waals surface area (Å²) in [5.74, 6) is -0.332. The molecule has 0 aliphatic rings. The van der Waals surface area contributed by atoms with Crippen molar-refractivity contribution in [3.8, 4) is 10.6 Å². The number of carbonyl (C=O) groups excluding carboxylic acids is 1. The van der Waals surface area contributed by atoms with Crippen LogP contribution in [-0.2, 0) is 18.2 Å². The van der Waals surface area contributed by atoms with Crippen LogP contribution in [0.15, 0.2) is 48.9 Å². The number of carbonyl (C=O) groups is 1. The predicted molar refractivity (Wildman–Crippen MR) is 89.3 cm³/mol. The Hall–Kier alpha value is -2.47. The predicted octanol–water partition coefficient (Wildman–Crippen LogP) is 3.33. The number of esters is 1. The van der Waals surface area contributed by atoms with E-state index in [0.29, 0.717) is 11.3 Å². The fourth-order valence-electron chi connectivity index (χ4n) is 2.26. The van der Waals surface area contributed by atoms with Crippen molar-refractivity contribution in [2.75, 3.05) is 0 Å². The van der Waals surface area contributed by atoms with Gasteiger partial charge in [-0.05, 0) is 12.5 Å². The monoisotopic (exact) mass is 327 g/mol. The normalized spacial score (nSPS) is 12.1. The highest BCUT2D eigenvalue weighted by atomic mass is 32.1. The molecule has 0 saturated heterocycles. The van der Waals surface area contributed by atoms with Gasteiger partial charge in [0.25, 0.3) is 0 Å². The summed E-state index contributed by atoms with van der Waals surface area (Å²) in [5.41, 5.74) is 2.04. The summed E-state index contributed by atoms with van der Waals surface area (Å²) in [5, 5.41) is 4.87. The van der Waals surface area contributed by atoms with Crippen molar-refractivity contribution in [1.29, 1.82) is 0 Å². The number of ether oxygens (including phenoxy) is 1. The van der Waals surface area contributed by atoms with Gasteiger partial charge in [0, 0.05) is 25.2 Å². The maximum absolute atomic E-state index is 12.2. The van der Waals surface area contributed by atoms with E-state index in [1.54, 1.807) is 17.1 Å². The van der Waals surface area contributed by atoms with Gasteiger partial charge >= 0.3 is 5.97 Å². The van der Waals surface area contributed by atoms with E-state index >= 15 is 0 Å². The molecular weight excluding hydrogens is 310 g/mol. The molecule has 6 heteroatoms. The van der Waals surface area contributed by atoms with Gasteiger partial charge in [0.05, 0.1) is 12.4 Å². The quantitative estimate of drug-likeness (QED) is 0.675. The standard InChI is InChI=1S/C17H17N3O2S/c1-12(8-13-6-4-3-5-7-13)22-17(21)15-10-18-16(23-15)14-9-19-20(2)11-14/h3-7,9-12H,8H2,1-2H3/t12-/m0/s1. The van der Waals surface area contributed by atoms with Gasteiger partial charge in [-0.15, -0.1) is 11.3 Å². The third-order valence-electron chi connectivity index (χ3n) is 3.33. The summed E-state index contributed by atoms with van der Waals surface area (Å²) in [4.78, 5) is 17.0. The zero-order valence-electron chi connectivity index (χ0n) is 13.0. The molecule has 0 saturated carbocycles. The van der Waals surface area contributed by atoms with Crippen molar-refractivity contribution in [3.05, 3.63) is 59.4 Å². The Morgan fingerprint density at radius 2 is 2.09 bits per heavy atom. The lowest BCUT2D eigenvalue weighted by atomic mass is 10.1. The molecule has 0 unspecified atom stereocenters. The maximum atomic E-state index is 12.2. The molecule has 23 heavy (non-hydrogen) atoms. The van der Waals surface area contributed by atoms with Crippen LogP contribution < -0.4 is 0 Å². The smallest absolute Gasteiger partial charge is 0.350 e. The van der Waals surface area contributed by atoms with Gasteiger partial charge in [0.15, 0.2) is 0 Å². The van der Waals surface area contributed by atoms with E-state index < -0.39 is 0 Å².